The molecule has 0 radical (unpaired) electrons. The second kappa shape index (κ2) is 9.67. The van der Waals surface area contributed by atoms with Gasteiger partial charge < -0.3 is 9.47 Å². The minimum absolute atomic E-state index is 0.0484. The number of hydrogen-bond donors (Lipinski definition) is 0. The van der Waals surface area contributed by atoms with Gasteiger partial charge in [-0.25, -0.2) is 0 Å². The van der Waals surface area contributed by atoms with Gasteiger partial charge in [0, 0.05) is 20.5 Å². The van der Waals surface area contributed by atoms with Crippen molar-refractivity contribution in [1.82, 2.24) is 0 Å². The maximum atomic E-state index is 11.6. The number of rotatable bonds is 7. The molecule has 0 aliphatic heterocycles. The van der Waals surface area contributed by atoms with E-state index < -0.39 is 0 Å². The molecule has 0 N–H and O–H groups in total. The van der Waals surface area contributed by atoms with E-state index >= 15 is 0 Å². The zero-order valence-electron chi connectivity index (χ0n) is 22.5. The Balaban J connectivity index is 1.55. The van der Waals surface area contributed by atoms with Crippen LogP contribution in [0, 0.1) is 46.3 Å². The fourth-order valence-corrected chi connectivity index (χ4v) is 9.17. The largest absolute Gasteiger partial charge is 0.462 e. The van der Waals surface area contributed by atoms with Crippen LogP contribution in [0.25, 0.3) is 0 Å². The first-order chi connectivity index (χ1) is 15.6. The van der Waals surface area contributed by atoms with E-state index in [2.05, 4.69) is 40.7 Å². The molecule has 0 aromatic heterocycles. The summed E-state index contributed by atoms with van der Waals surface area (Å²) in [5, 5.41) is 0. The number of ether oxygens (including phenoxy) is 2. The summed E-state index contributed by atoms with van der Waals surface area (Å²) in [6.45, 7) is 14.0. The van der Waals surface area contributed by atoms with E-state index in [9.17, 15) is 4.79 Å². The molecule has 0 unspecified atom stereocenters. The molecule has 188 valence electrons. The fraction of sp³-hybridized carbons (Fsp3) is 0.900. The molecule has 0 heterocycles. The average molecular weight is 459 g/mol. The van der Waals surface area contributed by atoms with Gasteiger partial charge in [-0.1, -0.05) is 65.5 Å². The van der Waals surface area contributed by atoms with Gasteiger partial charge in [0.2, 0.25) is 0 Å². The Morgan fingerprint density at radius 2 is 1.82 bits per heavy atom. The van der Waals surface area contributed by atoms with Crippen molar-refractivity contribution in [2.24, 2.45) is 46.3 Å². The third-order valence-corrected chi connectivity index (χ3v) is 10.9. The van der Waals surface area contributed by atoms with Crippen molar-refractivity contribution in [1.29, 1.82) is 0 Å². The monoisotopic (exact) mass is 458 g/mol. The maximum absolute atomic E-state index is 11.6. The van der Waals surface area contributed by atoms with Crippen LogP contribution in [-0.2, 0) is 14.3 Å². The highest BCUT2D eigenvalue weighted by atomic mass is 16.5. The number of methoxy groups -OCH3 is 1. The van der Waals surface area contributed by atoms with Gasteiger partial charge in [-0.3, -0.25) is 4.79 Å². The van der Waals surface area contributed by atoms with Crippen LogP contribution in [0.1, 0.15) is 106 Å². The molecule has 3 heteroatoms. The van der Waals surface area contributed by atoms with Gasteiger partial charge in [0.15, 0.2) is 0 Å². The SMILES string of the molecule is CO[C@@H]1C=C2C[C@@H](OC(C)=O)CC[C@]2(C)[C@@H]2CC[C@]3(C)[C@H](CC[C@H]3[C@H](C)CCCC(C)C)[C@H]21. The Morgan fingerprint density at radius 1 is 1.06 bits per heavy atom. The molecule has 0 bridgehead atoms. The van der Waals surface area contributed by atoms with Crippen LogP contribution in [0.15, 0.2) is 11.6 Å². The number of hydrogen-bond acceptors (Lipinski definition) is 3. The molecular formula is C30H50O3. The predicted octanol–water partition coefficient (Wildman–Crippen LogP) is 7.58. The summed E-state index contributed by atoms with van der Waals surface area (Å²) in [6, 6.07) is 0. The number of esters is 1. The fourth-order valence-electron chi connectivity index (χ4n) is 9.17. The zero-order valence-corrected chi connectivity index (χ0v) is 22.5. The van der Waals surface area contributed by atoms with E-state index in [0.29, 0.717) is 17.3 Å². The minimum Gasteiger partial charge on any atom is -0.462 e. The average Bonchev–Trinajstić information content (AvgIpc) is 3.10. The van der Waals surface area contributed by atoms with Crippen molar-refractivity contribution in [2.75, 3.05) is 7.11 Å². The van der Waals surface area contributed by atoms with Crippen LogP contribution >= 0.6 is 0 Å². The molecule has 4 aliphatic carbocycles. The van der Waals surface area contributed by atoms with E-state index in [1.807, 2.05) is 7.11 Å². The zero-order chi connectivity index (χ0) is 24.0. The first-order valence-electron chi connectivity index (χ1n) is 14.0. The quantitative estimate of drug-likeness (QED) is 0.291. The molecule has 3 fully saturated rings. The molecule has 0 aromatic rings. The van der Waals surface area contributed by atoms with Crippen LogP contribution in [0.4, 0.5) is 0 Å². The minimum atomic E-state index is -0.144. The Bertz CT molecular complexity index is 741. The Morgan fingerprint density at radius 3 is 2.48 bits per heavy atom. The van der Waals surface area contributed by atoms with Crippen LogP contribution in [-0.4, -0.2) is 25.3 Å². The standard InChI is InChI=1S/C30H50O3/c1-19(2)9-8-10-20(3)24-11-12-25-28-26(14-16-30(24,25)6)29(5)15-13-23(33-21(4)31)17-22(29)18-27(28)32-7/h18-20,23-28H,8-17H2,1-7H3/t20-,23+,24+,25-,26-,27-,28-,29+,30+/m1/s1. The summed E-state index contributed by atoms with van der Waals surface area (Å²) >= 11 is 0. The van der Waals surface area contributed by atoms with Crippen molar-refractivity contribution in [3.05, 3.63) is 11.6 Å². The van der Waals surface area contributed by atoms with Crippen molar-refractivity contribution in [2.45, 2.75) is 118 Å². The summed E-state index contributed by atoms with van der Waals surface area (Å²) in [7, 11) is 1.92. The lowest BCUT2D eigenvalue weighted by Gasteiger charge is -2.60. The normalized spacial score (nSPS) is 43.3. The topological polar surface area (TPSA) is 35.5 Å². The van der Waals surface area contributed by atoms with Gasteiger partial charge in [-0.2, -0.15) is 0 Å². The van der Waals surface area contributed by atoms with Crippen molar-refractivity contribution in [3.8, 4) is 0 Å². The summed E-state index contributed by atoms with van der Waals surface area (Å²) < 4.78 is 11.9. The predicted molar refractivity (Wildman–Crippen MR) is 135 cm³/mol. The molecule has 4 rings (SSSR count). The summed E-state index contributed by atoms with van der Waals surface area (Å²) in [5.41, 5.74) is 2.22. The number of carbonyl (C=O) groups excluding carboxylic acids is 1. The third-order valence-electron chi connectivity index (χ3n) is 10.9. The molecule has 0 aromatic carbocycles. The van der Waals surface area contributed by atoms with Gasteiger partial charge in [0.1, 0.15) is 6.10 Å². The van der Waals surface area contributed by atoms with E-state index in [0.717, 1.165) is 42.9 Å². The smallest absolute Gasteiger partial charge is 0.302 e. The summed E-state index contributed by atoms with van der Waals surface area (Å²) in [4.78, 5) is 11.6. The van der Waals surface area contributed by atoms with Crippen LogP contribution < -0.4 is 0 Å². The molecular weight excluding hydrogens is 408 g/mol. The molecule has 3 nitrogen and oxygen atoms in total. The van der Waals surface area contributed by atoms with Crippen molar-refractivity contribution >= 4 is 5.97 Å². The molecule has 33 heavy (non-hydrogen) atoms. The highest BCUT2D eigenvalue weighted by Gasteiger charge is 2.61. The van der Waals surface area contributed by atoms with Gasteiger partial charge in [-0.15, -0.1) is 0 Å². The molecule has 0 spiro atoms. The van der Waals surface area contributed by atoms with Crippen molar-refractivity contribution < 1.29 is 14.3 Å². The Labute approximate surface area is 203 Å². The van der Waals surface area contributed by atoms with Crippen molar-refractivity contribution in [3.63, 3.8) is 0 Å². The molecule has 9 atom stereocenters. The van der Waals surface area contributed by atoms with Crippen LogP contribution in [0.5, 0.6) is 0 Å². The lowest BCUT2D eigenvalue weighted by atomic mass is 9.46. The number of carbonyl (C=O) groups is 1. The Hall–Kier alpha value is -0.830. The van der Waals surface area contributed by atoms with Gasteiger partial charge >= 0.3 is 5.97 Å². The summed E-state index contributed by atoms with van der Waals surface area (Å²) in [6.07, 6.45) is 15.4. The van der Waals surface area contributed by atoms with E-state index in [1.54, 1.807) is 6.92 Å². The highest BCUT2D eigenvalue weighted by Crippen LogP contribution is 2.67. The summed E-state index contributed by atoms with van der Waals surface area (Å²) in [5.74, 6) is 4.50. The number of fused-ring (bicyclic) bond motifs is 5. The molecule has 3 saturated carbocycles. The second-order valence-corrected chi connectivity index (χ2v) is 13.1. The maximum Gasteiger partial charge on any atom is 0.302 e. The second-order valence-electron chi connectivity index (χ2n) is 13.1. The van der Waals surface area contributed by atoms with E-state index in [1.165, 1.54) is 50.5 Å². The lowest BCUT2D eigenvalue weighted by Crippen LogP contribution is -2.55. The molecule has 0 saturated heterocycles. The van der Waals surface area contributed by atoms with Crippen LogP contribution in [0.3, 0.4) is 0 Å². The molecule has 4 aliphatic rings. The van der Waals surface area contributed by atoms with Gasteiger partial charge in [-0.05, 0) is 84.9 Å². The van der Waals surface area contributed by atoms with E-state index in [4.69, 9.17) is 9.47 Å². The van der Waals surface area contributed by atoms with E-state index in [-0.39, 0.29) is 23.6 Å². The van der Waals surface area contributed by atoms with Gasteiger partial charge in [0.25, 0.3) is 0 Å². The highest BCUT2D eigenvalue weighted by molar-refractivity contribution is 5.66. The lowest BCUT2D eigenvalue weighted by molar-refractivity contribution is -0.149. The Kier molecular flexibility index (Phi) is 7.40. The van der Waals surface area contributed by atoms with Crippen LogP contribution in [0.2, 0.25) is 0 Å². The molecule has 0 amide bonds. The first-order valence-corrected chi connectivity index (χ1v) is 14.0. The first kappa shape index (κ1) is 25.3. The van der Waals surface area contributed by atoms with Gasteiger partial charge in [0.05, 0.1) is 6.10 Å². The third kappa shape index (κ3) is 4.57.